The monoisotopic (exact) mass is 2010 g/mol. The van der Waals surface area contributed by atoms with Crippen molar-refractivity contribution < 1.29 is 74.9 Å². The summed E-state index contributed by atoms with van der Waals surface area (Å²) in [7, 11) is 0. The summed E-state index contributed by atoms with van der Waals surface area (Å²) in [6.45, 7) is 28.0. The number of rotatable bonds is 30. The number of aromatic hydroxyl groups is 1. The van der Waals surface area contributed by atoms with E-state index in [-0.39, 0.29) is 148 Å². The number of phenols is 1. The molecule has 42 heteroatoms. The molecule has 0 radical (unpaired) electrons. The molecule has 19 rings (SSSR count). The van der Waals surface area contributed by atoms with Crippen molar-refractivity contribution in [1.82, 2.24) is 58.7 Å². The van der Waals surface area contributed by atoms with Crippen LogP contribution in [0.4, 0.5) is 49.6 Å². The van der Waals surface area contributed by atoms with Crippen LogP contribution in [0.2, 0.25) is 4.34 Å². The van der Waals surface area contributed by atoms with Crippen LogP contribution < -0.4 is 44.2 Å². The number of likely N-dealkylation sites (tertiary alicyclic amines) is 4. The summed E-state index contributed by atoms with van der Waals surface area (Å²) in [5.41, 5.74) is 23.9. The van der Waals surface area contributed by atoms with E-state index < -0.39 is 70.7 Å². The van der Waals surface area contributed by atoms with Gasteiger partial charge in [0.2, 0.25) is 43.3 Å². The topological polar surface area (TPSA) is 450 Å². The van der Waals surface area contributed by atoms with Crippen LogP contribution in [-0.4, -0.2) is 206 Å². The molecule has 5 aliphatic carbocycles. The first-order chi connectivity index (χ1) is 68.9. The van der Waals surface area contributed by atoms with Gasteiger partial charge in [0.1, 0.15) is 62.1 Å². The summed E-state index contributed by atoms with van der Waals surface area (Å²) in [5.74, 6) is -4.05. The van der Waals surface area contributed by atoms with E-state index in [1.807, 2.05) is 60.0 Å². The lowest BCUT2D eigenvalue weighted by Crippen LogP contribution is -2.71. The number of nitrogens with one attached hydrogen (secondary N) is 4. The molecule has 144 heavy (non-hydrogen) atoms. The molecule has 4 aliphatic heterocycles. The highest BCUT2D eigenvalue weighted by molar-refractivity contribution is 7.14. The lowest BCUT2D eigenvalue weighted by molar-refractivity contribution is -0.307. The summed E-state index contributed by atoms with van der Waals surface area (Å²) in [6, 6.07) is 35.4. The minimum atomic E-state index is -4.66. The number of aromatic nitrogens is 8. The molecule has 8 amide bonds. The van der Waals surface area contributed by atoms with E-state index in [0.29, 0.717) is 150 Å². The molecular formula is C102H109ClF6N24O10S. The second-order valence-corrected chi connectivity index (χ2v) is 40.6. The number of halogens is 7. The van der Waals surface area contributed by atoms with E-state index in [1.54, 1.807) is 86.1 Å². The average Bonchev–Trinajstić information content (AvgIpc) is 1.53. The summed E-state index contributed by atoms with van der Waals surface area (Å²) < 4.78 is 89.1. The Labute approximate surface area is 834 Å². The zero-order chi connectivity index (χ0) is 102. The standard InChI is InChI=1S/C28H29FN6O3.C28H29FN6O2.C26H26ClFN6O2S.C20H25F3N6O3/c1-31-17-28(35-16-23(25(30)37)26(33-35)32-27(38)19-6-7-19)9-11-34(12-10-28)15-18-5-8-22(24(36)13-18)20-3-2-4-21(29)14-20;1-31-18-28(35-17-23(25(30)36)26(33-35)32-27(37)21-8-9-21)11-13-34(14-12-28)16-19-7-10-22(24(29)15-19)20-5-3-2-4-6-20;1-30-15-26(34-13-20(23(29)35)24(32-34)31-25(36)17-3-4-17)6-8-33(9-7-26)12-16-2-5-19(21(28)10-16)18-11-22(27)37-14-18;21-20(22,23)19(32)10-28(11-19)13-3-5-18(6-4-13,7-8-24)29-9-14(15(25)30)16(27-29)26-17(31)12-1-2-12/h2-5,8,13-14,16,19,36H,6-7,9-12,15,17H2,(H2,30,37)(H,32,33,38);2-7,10,15,17,21H,8-9,11-14,16,18H2,(H2,30,36)(H,32,33,37);2,5,10-11,13-14,17H,3-4,6-9,12,15H2,(H2,29,35)(H,31,32,36);9,12-13,32H,1-7,10-11H2,(H2,25,30)(H,26,27,31). The number of hydrogen-bond acceptors (Lipinski definition) is 20. The lowest BCUT2D eigenvalue weighted by atomic mass is 9.75. The number of β-amino-alcohol motifs (C(OH)–C–C–N with tert-alkyl or cyclic N) is 1. The number of benzene rings is 5. The Hall–Kier alpha value is -14.2. The smallest absolute Gasteiger partial charge is 0.419 e. The lowest BCUT2D eigenvalue weighted by Gasteiger charge is -2.52. The number of carbonyl (C=O) groups is 8. The van der Waals surface area contributed by atoms with Crippen LogP contribution in [0.3, 0.4) is 0 Å². The van der Waals surface area contributed by atoms with Crippen LogP contribution in [0, 0.1) is 72.2 Å². The van der Waals surface area contributed by atoms with E-state index >= 15 is 0 Å². The summed E-state index contributed by atoms with van der Waals surface area (Å²) >= 11 is 7.37. The van der Waals surface area contributed by atoms with Crippen molar-refractivity contribution in [3.05, 3.63) is 240 Å². The van der Waals surface area contributed by atoms with Gasteiger partial charge in [-0.15, -0.1) is 11.3 Å². The third-order valence-electron chi connectivity index (χ3n) is 28.8. The van der Waals surface area contributed by atoms with Crippen LogP contribution in [0.1, 0.15) is 180 Å². The quantitative estimate of drug-likeness (QED) is 0.0148. The summed E-state index contributed by atoms with van der Waals surface area (Å²) in [6.07, 6.45) is 13.6. The third-order valence-corrected chi connectivity index (χ3v) is 29.9. The minimum Gasteiger partial charge on any atom is -0.507 e. The molecule has 0 spiro atoms. The Morgan fingerprint density at radius 3 is 1.12 bits per heavy atom. The van der Waals surface area contributed by atoms with Crippen LogP contribution in [0.15, 0.2) is 145 Å². The van der Waals surface area contributed by atoms with Crippen LogP contribution in [0.25, 0.3) is 47.9 Å². The number of phenolic OH excluding ortho intramolecular Hbond substituents is 1. The van der Waals surface area contributed by atoms with E-state index in [0.717, 1.165) is 79.2 Å². The SMILES string of the molecule is N#CCC1(n2cc(C(N)=O)c(NC(=O)C3CC3)n2)CCC(N2CC(O)(C(F)(F)F)C2)CC1.[C-]#[N+]CC1(n2cc(C(N)=O)c(NC(=O)C3CC3)n2)CCN(Cc2ccc(-c3cccc(F)c3)c(O)c2)CC1.[C-]#[N+]CC1(n2cc(C(N)=O)c(NC(=O)C3CC3)n2)CCN(Cc2ccc(-c3ccccc3)c(F)c2)CC1.[C-]#[N+]CC1(n2cc(C(N)=O)c(NC(=O)C3CC3)n2)CCN(Cc2ccc(-c3csc(Cl)c3)c(F)c2)CC1. The molecule has 0 bridgehead atoms. The number of nitriles is 1. The van der Waals surface area contributed by atoms with Gasteiger partial charge in [-0.1, -0.05) is 90.5 Å². The number of thiophene rings is 1. The van der Waals surface area contributed by atoms with E-state index in [9.17, 15) is 80.2 Å². The number of nitrogens with two attached hydrogens (primary N) is 4. The number of amides is 8. The number of primary amides is 4. The highest BCUT2D eigenvalue weighted by atomic mass is 35.5. The molecule has 5 aromatic heterocycles. The number of anilines is 4. The van der Waals surface area contributed by atoms with E-state index in [1.165, 1.54) is 34.3 Å². The van der Waals surface area contributed by atoms with E-state index in [2.05, 4.69) is 77.0 Å². The highest BCUT2D eigenvalue weighted by Crippen LogP contribution is 2.47. The van der Waals surface area contributed by atoms with Crippen LogP contribution >= 0.6 is 22.9 Å². The van der Waals surface area contributed by atoms with Gasteiger partial charge in [-0.05, 0) is 185 Å². The Morgan fingerprint density at radius 2 is 0.806 bits per heavy atom. The number of carbonyl (C=O) groups excluding carboxylic acids is 8. The number of alkyl halides is 3. The summed E-state index contributed by atoms with van der Waals surface area (Å²) in [4.78, 5) is 116. The van der Waals surface area contributed by atoms with Crippen molar-refractivity contribution in [2.24, 2.45) is 46.6 Å². The Balaban J connectivity index is 0.000000138. The molecule has 0 unspecified atom stereocenters. The first-order valence-electron chi connectivity index (χ1n) is 47.8. The third kappa shape index (κ3) is 23.7. The molecule has 752 valence electrons. The van der Waals surface area contributed by atoms with Crippen molar-refractivity contribution in [3.8, 4) is 45.2 Å². The molecule has 5 aromatic carbocycles. The van der Waals surface area contributed by atoms with Gasteiger partial charge in [-0.25, -0.2) is 32.9 Å². The van der Waals surface area contributed by atoms with Crippen LogP contribution in [0.5, 0.6) is 5.75 Å². The zero-order valence-electron chi connectivity index (χ0n) is 78.8. The van der Waals surface area contributed by atoms with E-state index in [4.69, 9.17) is 54.3 Å². The normalized spacial score (nSPS) is 19.6. The first-order valence-corrected chi connectivity index (χ1v) is 49.0. The van der Waals surface area contributed by atoms with Gasteiger partial charge in [0.05, 0.1) is 22.4 Å². The van der Waals surface area contributed by atoms with Crippen molar-refractivity contribution >= 4 is 93.5 Å². The maximum absolute atomic E-state index is 14.9. The van der Waals surface area contributed by atoms with Crippen LogP contribution in [-0.2, 0) is 61.0 Å². The molecule has 9 aliphatic rings. The van der Waals surface area contributed by atoms with Gasteiger partial charge in [-0.2, -0.15) is 38.8 Å². The van der Waals surface area contributed by atoms with Crippen molar-refractivity contribution in [1.29, 1.82) is 5.26 Å². The molecule has 0 atom stereocenters. The minimum absolute atomic E-state index is 0.0436. The van der Waals surface area contributed by atoms with Gasteiger partial charge in [-0.3, -0.25) is 76.7 Å². The molecule has 5 saturated carbocycles. The number of nitrogens with zero attached hydrogens (tertiary/aromatic N) is 16. The molecular weight excluding hydrogens is 1900 g/mol. The van der Waals surface area contributed by atoms with Gasteiger partial charge in [0.25, 0.3) is 23.6 Å². The fraction of sp³-hybridized carbons (Fsp3) is 0.431. The Bertz CT molecular complexity index is 6680. The molecule has 34 nitrogen and oxygen atoms in total. The zero-order valence-corrected chi connectivity index (χ0v) is 80.3. The first kappa shape index (κ1) is 103. The highest BCUT2D eigenvalue weighted by Gasteiger charge is 2.62. The largest absolute Gasteiger partial charge is 0.507 e. The maximum Gasteiger partial charge on any atom is 0.419 e. The molecule has 9 fully saturated rings. The molecule has 9 heterocycles. The van der Waals surface area contributed by atoms with Crippen molar-refractivity contribution in [2.45, 2.75) is 182 Å². The average molecular weight is 2010 g/mol. The van der Waals surface area contributed by atoms with Crippen molar-refractivity contribution in [2.75, 3.05) is 93.3 Å². The fourth-order valence-corrected chi connectivity index (χ4v) is 20.3. The summed E-state index contributed by atoms with van der Waals surface area (Å²) in [5, 5.41) is 60.4. The fourth-order valence-electron chi connectivity index (χ4n) is 19.4. The maximum atomic E-state index is 14.9. The van der Waals surface area contributed by atoms with Gasteiger partial charge in [0, 0.05) is 149 Å². The Kier molecular flexibility index (Phi) is 30.8. The predicted molar refractivity (Wildman–Crippen MR) is 523 cm³/mol. The predicted octanol–water partition coefficient (Wildman–Crippen LogP) is 14.1. The second kappa shape index (κ2) is 43.2. The second-order valence-electron chi connectivity index (χ2n) is 39.0. The number of piperidine rings is 3. The molecule has 14 N–H and O–H groups in total. The Morgan fingerprint density at radius 1 is 0.458 bits per heavy atom. The molecule has 4 saturated heterocycles. The van der Waals surface area contributed by atoms with Gasteiger partial charge >= 0.3 is 6.18 Å². The van der Waals surface area contributed by atoms with Gasteiger partial charge in [0.15, 0.2) is 28.9 Å². The van der Waals surface area contributed by atoms with Gasteiger partial charge < -0.3 is 68.9 Å². The number of aliphatic hydroxyl groups is 1. The van der Waals surface area contributed by atoms with Crippen molar-refractivity contribution in [3.63, 3.8) is 0 Å². The molecule has 10 aromatic rings. The number of hydrogen-bond donors (Lipinski definition) is 10.